The molecule has 0 atom stereocenters. The molecule has 0 saturated carbocycles. The maximum atomic E-state index is 4.46. The highest BCUT2D eigenvalue weighted by molar-refractivity contribution is 5.34. The zero-order valence-electron chi connectivity index (χ0n) is 15.6. The van der Waals surface area contributed by atoms with Crippen molar-refractivity contribution in [2.24, 2.45) is 0 Å². The van der Waals surface area contributed by atoms with Gasteiger partial charge in [-0.1, -0.05) is 91.0 Å². The number of aryl methyl sites for hydroxylation is 1. The van der Waals surface area contributed by atoms with E-state index in [1.165, 1.54) is 22.4 Å². The predicted octanol–water partition coefficient (Wildman–Crippen LogP) is 5.42. The summed E-state index contributed by atoms with van der Waals surface area (Å²) in [7, 11) is 0. The van der Waals surface area contributed by atoms with Crippen molar-refractivity contribution < 1.29 is 0 Å². The van der Waals surface area contributed by atoms with Crippen LogP contribution in [0.3, 0.4) is 0 Å². The Morgan fingerprint density at radius 1 is 0.704 bits per heavy atom. The van der Waals surface area contributed by atoms with Gasteiger partial charge in [0, 0.05) is 24.7 Å². The molecule has 1 heterocycles. The Labute approximate surface area is 161 Å². The molecule has 0 N–H and O–H groups in total. The molecule has 0 aliphatic carbocycles. The molecular weight excluding hydrogens is 328 g/mol. The lowest BCUT2D eigenvalue weighted by atomic mass is 9.78. The van der Waals surface area contributed by atoms with Crippen molar-refractivity contribution in [3.8, 4) is 0 Å². The van der Waals surface area contributed by atoms with Gasteiger partial charge in [-0.05, 0) is 23.6 Å². The Balaban J connectivity index is 1.91. The first-order chi connectivity index (χ1) is 13.3. The van der Waals surface area contributed by atoms with Crippen molar-refractivity contribution >= 4 is 0 Å². The van der Waals surface area contributed by atoms with Crippen LogP contribution in [0.4, 0.5) is 0 Å². The van der Waals surface area contributed by atoms with Crippen LogP contribution in [0.2, 0.25) is 0 Å². The van der Waals surface area contributed by atoms with E-state index in [9.17, 15) is 0 Å². The van der Waals surface area contributed by atoms with Crippen LogP contribution in [0.5, 0.6) is 0 Å². The molecule has 4 aromatic rings. The summed E-state index contributed by atoms with van der Waals surface area (Å²) in [4.78, 5) is 4.46. The zero-order chi connectivity index (χ0) is 18.5. The number of hydrogen-bond donors (Lipinski definition) is 0. The van der Waals surface area contributed by atoms with Gasteiger partial charge >= 0.3 is 0 Å². The van der Waals surface area contributed by atoms with Crippen LogP contribution >= 0.6 is 0 Å². The molecule has 0 radical (unpaired) electrons. The van der Waals surface area contributed by atoms with Gasteiger partial charge in [-0.15, -0.1) is 0 Å². The first-order valence-corrected chi connectivity index (χ1v) is 9.41. The molecule has 2 heteroatoms. The van der Waals surface area contributed by atoms with Gasteiger partial charge in [-0.25, -0.2) is 4.98 Å². The molecule has 0 amide bonds. The Morgan fingerprint density at radius 3 is 1.63 bits per heavy atom. The third kappa shape index (κ3) is 3.56. The van der Waals surface area contributed by atoms with Gasteiger partial charge in [0.05, 0.1) is 11.9 Å². The van der Waals surface area contributed by atoms with E-state index in [1.54, 1.807) is 0 Å². The lowest BCUT2D eigenvalue weighted by molar-refractivity contribution is 0.341. The average Bonchev–Trinajstić information content (AvgIpc) is 3.16. The number of rotatable bonds is 6. The Bertz CT molecular complexity index is 931. The van der Waals surface area contributed by atoms with Gasteiger partial charge < -0.3 is 4.57 Å². The van der Waals surface area contributed by atoms with Crippen LogP contribution in [0.1, 0.15) is 22.4 Å². The molecule has 0 aliphatic rings. The van der Waals surface area contributed by atoms with Crippen LogP contribution < -0.4 is 0 Å². The van der Waals surface area contributed by atoms with Crippen LogP contribution in [-0.4, -0.2) is 9.55 Å². The summed E-state index contributed by atoms with van der Waals surface area (Å²) in [5.74, 6) is 0. The topological polar surface area (TPSA) is 17.8 Å². The summed E-state index contributed by atoms with van der Waals surface area (Å²) < 4.78 is 2.35. The van der Waals surface area contributed by atoms with Gasteiger partial charge in [0.15, 0.2) is 0 Å². The fourth-order valence-electron chi connectivity index (χ4n) is 4.00. The average molecular weight is 352 g/mol. The standard InChI is InChI=1S/C25H24N2/c1-21-19-26-20-27(21)25(24-15-9-4-10-16-24,17-22-11-5-2-6-12-22)18-23-13-7-3-8-14-23/h2-16,19-20H,17-18H2,1H3. The first kappa shape index (κ1) is 17.3. The SMILES string of the molecule is Cc1cncn1C(Cc1ccccc1)(Cc1ccccc1)c1ccccc1. The Morgan fingerprint density at radius 2 is 1.19 bits per heavy atom. The summed E-state index contributed by atoms with van der Waals surface area (Å²) in [6, 6.07) is 32.3. The quantitative estimate of drug-likeness (QED) is 0.453. The lowest BCUT2D eigenvalue weighted by Gasteiger charge is -2.37. The zero-order valence-corrected chi connectivity index (χ0v) is 15.6. The molecule has 0 saturated heterocycles. The number of benzene rings is 3. The number of hydrogen-bond acceptors (Lipinski definition) is 1. The molecule has 0 spiro atoms. The highest BCUT2D eigenvalue weighted by Gasteiger charge is 2.35. The van der Waals surface area contributed by atoms with Crippen molar-refractivity contribution in [1.82, 2.24) is 9.55 Å². The second kappa shape index (κ2) is 7.63. The normalized spacial score (nSPS) is 11.4. The highest BCUT2D eigenvalue weighted by atomic mass is 15.1. The van der Waals surface area contributed by atoms with Crippen molar-refractivity contribution in [2.75, 3.05) is 0 Å². The molecule has 1 aromatic heterocycles. The number of aromatic nitrogens is 2. The van der Waals surface area contributed by atoms with Crippen molar-refractivity contribution in [2.45, 2.75) is 25.3 Å². The Hall–Kier alpha value is -3.13. The van der Waals surface area contributed by atoms with Gasteiger partial charge in [0.2, 0.25) is 0 Å². The summed E-state index contributed by atoms with van der Waals surface area (Å²) >= 11 is 0. The van der Waals surface area contributed by atoms with Crippen molar-refractivity contribution in [1.29, 1.82) is 0 Å². The molecular formula is C25H24N2. The van der Waals surface area contributed by atoms with Crippen LogP contribution in [0, 0.1) is 6.92 Å². The van der Waals surface area contributed by atoms with E-state index >= 15 is 0 Å². The molecule has 2 nitrogen and oxygen atoms in total. The van der Waals surface area contributed by atoms with Crippen molar-refractivity contribution in [3.63, 3.8) is 0 Å². The van der Waals surface area contributed by atoms with Gasteiger partial charge in [0.25, 0.3) is 0 Å². The van der Waals surface area contributed by atoms with Gasteiger partial charge in [0.1, 0.15) is 0 Å². The second-order valence-electron chi connectivity index (χ2n) is 7.13. The number of imidazole rings is 1. The maximum absolute atomic E-state index is 4.46. The molecule has 0 fully saturated rings. The van der Waals surface area contributed by atoms with E-state index in [1.807, 2.05) is 12.5 Å². The summed E-state index contributed by atoms with van der Waals surface area (Å²) in [5, 5.41) is 0. The minimum absolute atomic E-state index is 0.232. The van der Waals surface area contributed by atoms with E-state index in [2.05, 4.69) is 107 Å². The van der Waals surface area contributed by atoms with Gasteiger partial charge in [-0.3, -0.25) is 0 Å². The molecule has 3 aromatic carbocycles. The van der Waals surface area contributed by atoms with Crippen molar-refractivity contribution in [3.05, 3.63) is 126 Å². The summed E-state index contributed by atoms with van der Waals surface area (Å²) in [6.07, 6.45) is 5.75. The van der Waals surface area contributed by atoms with Gasteiger partial charge in [-0.2, -0.15) is 0 Å². The fourth-order valence-corrected chi connectivity index (χ4v) is 4.00. The molecule has 0 bridgehead atoms. The minimum Gasteiger partial charge on any atom is -0.324 e. The minimum atomic E-state index is -0.232. The maximum Gasteiger partial charge on any atom is 0.0956 e. The smallest absolute Gasteiger partial charge is 0.0956 e. The fraction of sp³-hybridized carbons (Fsp3) is 0.160. The molecule has 4 rings (SSSR count). The first-order valence-electron chi connectivity index (χ1n) is 9.41. The Kier molecular flexibility index (Phi) is 4.88. The third-order valence-corrected chi connectivity index (χ3v) is 5.27. The van der Waals surface area contributed by atoms with Crippen LogP contribution in [0.15, 0.2) is 104 Å². The molecule has 0 unspecified atom stereocenters. The molecule has 27 heavy (non-hydrogen) atoms. The van der Waals surface area contributed by atoms with E-state index in [-0.39, 0.29) is 5.54 Å². The predicted molar refractivity (Wildman–Crippen MR) is 111 cm³/mol. The third-order valence-electron chi connectivity index (χ3n) is 5.27. The molecule has 134 valence electrons. The van der Waals surface area contributed by atoms with Crippen LogP contribution in [-0.2, 0) is 18.4 Å². The van der Waals surface area contributed by atoms with E-state index in [0.717, 1.165) is 12.8 Å². The molecule has 0 aliphatic heterocycles. The monoisotopic (exact) mass is 352 g/mol. The summed E-state index contributed by atoms with van der Waals surface area (Å²) in [6.45, 7) is 2.14. The lowest BCUT2D eigenvalue weighted by Crippen LogP contribution is -2.40. The second-order valence-corrected chi connectivity index (χ2v) is 7.13. The van der Waals surface area contributed by atoms with E-state index < -0.39 is 0 Å². The number of nitrogens with zero attached hydrogens (tertiary/aromatic N) is 2. The highest BCUT2D eigenvalue weighted by Crippen LogP contribution is 2.35. The van der Waals surface area contributed by atoms with E-state index in [0.29, 0.717) is 0 Å². The van der Waals surface area contributed by atoms with E-state index in [4.69, 9.17) is 0 Å². The summed E-state index contributed by atoms with van der Waals surface area (Å²) in [5.41, 5.74) is 4.89. The van der Waals surface area contributed by atoms with Crippen LogP contribution in [0.25, 0.3) is 0 Å². The largest absolute Gasteiger partial charge is 0.324 e.